The lowest BCUT2D eigenvalue weighted by Gasteiger charge is -2.51. The lowest BCUT2D eigenvalue weighted by Crippen LogP contribution is -2.71. The van der Waals surface area contributed by atoms with E-state index in [0.717, 1.165) is 13.8 Å². The first-order valence-corrected chi connectivity index (χ1v) is 19.0. The van der Waals surface area contributed by atoms with Crippen LogP contribution in [0.25, 0.3) is 0 Å². The normalized spacial score (nSPS) is 50.0. The maximum absolute atomic E-state index is 12.6. The molecule has 8 bridgehead atoms. The van der Waals surface area contributed by atoms with Gasteiger partial charge in [0.15, 0.2) is 37.6 Å². The Labute approximate surface area is 339 Å². The topological polar surface area (TPSA) is 410 Å². The van der Waals surface area contributed by atoms with E-state index < -0.39 is 192 Å². The first-order chi connectivity index (χ1) is 28.4. The Hall–Kier alpha value is -2.43. The van der Waals surface area contributed by atoms with Gasteiger partial charge in [0.25, 0.3) is 0 Å². The minimum Gasteiger partial charge on any atom is -0.479 e. The van der Waals surface area contributed by atoms with Gasteiger partial charge in [-0.3, -0.25) is 9.59 Å². The smallest absolute Gasteiger partial charge is 0.335 e. The highest BCUT2D eigenvalue weighted by Crippen LogP contribution is 2.38. The SMILES string of the molecule is CC(=O)N[C@H]1[C@H]2O[C@@H]3[C@H](O)[C@@H](O)[C@@H](O[C@H]4[C@H](O[C@@H]5[C@H](O)[C@@H](O)[C@H](O[C@H]6[C@@H](O)[C@@H](CO)O[C@@H](O[C@@H]([C@@H]1O)[C@@H](CO)O2)[C@@H]6NC(C)=O)O[C@@H]5CO)O[C@H](CO)[C@H]4O)O[C@@H]3C(=O)O. The number of hydrogen-bond donors (Lipinski definition) is 14. The number of hydrogen-bond acceptors (Lipinski definition) is 24. The average molecular weight is 877 g/mol. The van der Waals surface area contributed by atoms with Crippen LogP contribution in [-0.2, 0) is 61.8 Å². The fourth-order valence-corrected chi connectivity index (χ4v) is 7.99. The van der Waals surface area contributed by atoms with Crippen LogP contribution >= 0.6 is 0 Å². The molecular formula is C33H52N2O25. The summed E-state index contributed by atoms with van der Waals surface area (Å²) in [6, 6.07) is -3.40. The number of aliphatic hydroxyl groups is 11. The van der Waals surface area contributed by atoms with Crippen molar-refractivity contribution in [1.29, 1.82) is 0 Å². The minimum atomic E-state index is -2.26. The Bertz CT molecular complexity index is 1480. The molecule has 24 atom stereocenters. The standard InChI is InChI=1S/C33H52N2O25/c1-7(40)34-13-17(44)22-11(5-38)53-29(13)58-25-19(46)21(48)32(60-27(25)28(49)50)59-26-16(43)10(4-37)52-33(26)56-23-12(6-39)54-31(20(47)18(23)45)57-24-14(35-8(2)41)30(55-22)51-9(3-36)15(24)42/h9-27,29-33,36-39,42-48H,3-6H2,1-2H3,(H,34,40)(H,35,41)(H,49,50)/t9-,10-,11-,12-,13-,14-,15+,16-,17-,18-,19-,20-,21-,22-,23+,24-,25-,26-,27+,29-,30+,31+,32+,33+/m1/s1. The molecule has 0 aromatic heterocycles. The maximum atomic E-state index is 12.6. The Morgan fingerprint density at radius 3 is 1.33 bits per heavy atom. The number of fused-ring (bicyclic) bond motifs is 3. The molecule has 344 valence electrons. The average Bonchev–Trinajstić information content (AvgIpc) is 3.50. The highest BCUT2D eigenvalue weighted by Gasteiger charge is 2.59. The molecule has 9 heterocycles. The number of aliphatic hydroxyl groups excluding tert-OH is 11. The van der Waals surface area contributed by atoms with Gasteiger partial charge in [-0.2, -0.15) is 0 Å². The first kappa shape index (κ1) is 47.1. The largest absolute Gasteiger partial charge is 0.479 e. The van der Waals surface area contributed by atoms with Gasteiger partial charge in [0.05, 0.1) is 26.4 Å². The Morgan fingerprint density at radius 1 is 0.400 bits per heavy atom. The molecule has 9 aliphatic rings. The van der Waals surface area contributed by atoms with E-state index in [9.17, 15) is 75.7 Å². The summed E-state index contributed by atoms with van der Waals surface area (Å²) >= 11 is 0. The van der Waals surface area contributed by atoms with Gasteiger partial charge in [-0.05, 0) is 0 Å². The summed E-state index contributed by atoms with van der Waals surface area (Å²) < 4.78 is 57.9. The number of aliphatic carboxylic acids is 1. The van der Waals surface area contributed by atoms with E-state index in [1.165, 1.54) is 0 Å². The van der Waals surface area contributed by atoms with E-state index >= 15 is 0 Å². The van der Waals surface area contributed by atoms with Crippen molar-refractivity contribution in [2.75, 3.05) is 26.4 Å². The molecular weight excluding hydrogens is 824 g/mol. The Balaban J connectivity index is 1.45. The molecule has 14 N–H and O–H groups in total. The molecule has 9 fully saturated rings. The molecule has 9 saturated heterocycles. The molecule has 27 nitrogen and oxygen atoms in total. The zero-order valence-corrected chi connectivity index (χ0v) is 31.9. The van der Waals surface area contributed by atoms with E-state index in [2.05, 4.69) is 10.6 Å². The number of ether oxygens (including phenoxy) is 10. The van der Waals surface area contributed by atoms with Gasteiger partial charge >= 0.3 is 5.97 Å². The number of carbonyl (C=O) groups is 3. The van der Waals surface area contributed by atoms with Crippen LogP contribution in [0.4, 0.5) is 0 Å². The Kier molecular flexibility index (Phi) is 15.3. The minimum absolute atomic E-state index is 0.792. The van der Waals surface area contributed by atoms with Crippen molar-refractivity contribution in [3.8, 4) is 0 Å². The number of nitrogens with one attached hydrogen (secondary N) is 2. The van der Waals surface area contributed by atoms with E-state index in [1.807, 2.05) is 0 Å². The highest BCUT2D eigenvalue weighted by atomic mass is 16.8. The molecule has 0 radical (unpaired) electrons. The number of carbonyl (C=O) groups excluding carboxylic acids is 2. The second kappa shape index (κ2) is 19.5. The van der Waals surface area contributed by atoms with E-state index in [0.29, 0.717) is 0 Å². The second-order valence-electron chi connectivity index (χ2n) is 15.1. The molecule has 0 aromatic carbocycles. The zero-order valence-electron chi connectivity index (χ0n) is 31.9. The monoisotopic (exact) mass is 876 g/mol. The summed E-state index contributed by atoms with van der Waals surface area (Å²) in [5.74, 6) is -3.44. The third-order valence-corrected chi connectivity index (χ3v) is 11.0. The molecule has 27 heteroatoms. The number of amides is 2. The van der Waals surface area contributed by atoms with Crippen molar-refractivity contribution in [2.45, 2.75) is 161 Å². The van der Waals surface area contributed by atoms with Crippen LogP contribution in [0, 0.1) is 0 Å². The van der Waals surface area contributed by atoms with Crippen molar-refractivity contribution in [3.63, 3.8) is 0 Å². The van der Waals surface area contributed by atoms with Crippen LogP contribution in [-0.4, -0.2) is 253 Å². The third kappa shape index (κ3) is 9.28. The van der Waals surface area contributed by atoms with Crippen molar-refractivity contribution in [1.82, 2.24) is 10.6 Å². The molecule has 0 saturated carbocycles. The summed E-state index contributed by atoms with van der Waals surface area (Å²) in [7, 11) is 0. The summed E-state index contributed by atoms with van der Waals surface area (Å²) in [5.41, 5.74) is 0. The van der Waals surface area contributed by atoms with Crippen LogP contribution in [0.1, 0.15) is 13.8 Å². The van der Waals surface area contributed by atoms with Crippen molar-refractivity contribution < 1.29 is 123 Å². The predicted molar refractivity (Wildman–Crippen MR) is 181 cm³/mol. The molecule has 0 unspecified atom stereocenters. The van der Waals surface area contributed by atoms with Gasteiger partial charge in [-0.1, -0.05) is 0 Å². The Morgan fingerprint density at radius 2 is 0.783 bits per heavy atom. The number of rotatable bonds is 7. The summed E-state index contributed by atoms with van der Waals surface area (Å²) in [5, 5.41) is 135. The lowest BCUT2D eigenvalue weighted by molar-refractivity contribution is -0.381. The van der Waals surface area contributed by atoms with Crippen LogP contribution in [0.2, 0.25) is 0 Å². The van der Waals surface area contributed by atoms with Crippen LogP contribution in [0.5, 0.6) is 0 Å². The fraction of sp³-hybridized carbons (Fsp3) is 0.909. The quantitative estimate of drug-likeness (QED) is 0.113. The molecule has 9 aliphatic heterocycles. The van der Waals surface area contributed by atoms with E-state index in [1.54, 1.807) is 0 Å². The van der Waals surface area contributed by atoms with Crippen molar-refractivity contribution in [3.05, 3.63) is 0 Å². The summed E-state index contributed by atoms with van der Waals surface area (Å²) in [4.78, 5) is 37.6. The lowest BCUT2D eigenvalue weighted by atomic mass is 9.93. The van der Waals surface area contributed by atoms with Gasteiger partial charge in [-0.25, -0.2) is 4.79 Å². The fourth-order valence-electron chi connectivity index (χ4n) is 7.99. The van der Waals surface area contributed by atoms with E-state index in [-0.39, 0.29) is 0 Å². The number of carboxylic acids is 1. The molecule has 0 spiro atoms. The van der Waals surface area contributed by atoms with Gasteiger partial charge < -0.3 is 119 Å². The van der Waals surface area contributed by atoms with Crippen molar-refractivity contribution >= 4 is 17.8 Å². The molecule has 0 aromatic rings. The third-order valence-electron chi connectivity index (χ3n) is 11.0. The van der Waals surface area contributed by atoms with Gasteiger partial charge in [-0.15, -0.1) is 0 Å². The van der Waals surface area contributed by atoms with Gasteiger partial charge in [0, 0.05) is 13.8 Å². The summed E-state index contributed by atoms with van der Waals surface area (Å²) in [6.07, 6.45) is -42.3. The van der Waals surface area contributed by atoms with Crippen LogP contribution < -0.4 is 10.6 Å². The van der Waals surface area contributed by atoms with Gasteiger partial charge in [0.2, 0.25) is 11.8 Å². The van der Waals surface area contributed by atoms with Crippen LogP contribution in [0.3, 0.4) is 0 Å². The maximum Gasteiger partial charge on any atom is 0.335 e. The highest BCUT2D eigenvalue weighted by molar-refractivity contribution is 5.74. The number of carboxylic acid groups (broad SMARTS) is 1. The molecule has 2 amide bonds. The first-order valence-electron chi connectivity index (χ1n) is 19.0. The molecule has 9 rings (SSSR count). The van der Waals surface area contributed by atoms with Crippen molar-refractivity contribution in [2.24, 2.45) is 0 Å². The molecule has 60 heavy (non-hydrogen) atoms. The zero-order chi connectivity index (χ0) is 43.9. The predicted octanol–water partition coefficient (Wildman–Crippen LogP) is -9.86. The second-order valence-corrected chi connectivity index (χ2v) is 15.1. The summed E-state index contributed by atoms with van der Waals surface area (Å²) in [6.45, 7) is -1.74. The van der Waals surface area contributed by atoms with E-state index in [4.69, 9.17) is 47.4 Å². The van der Waals surface area contributed by atoms with Crippen LogP contribution in [0.15, 0.2) is 0 Å². The molecule has 0 aliphatic carbocycles. The van der Waals surface area contributed by atoms with Gasteiger partial charge in [0.1, 0.15) is 110 Å².